The van der Waals surface area contributed by atoms with E-state index in [0.29, 0.717) is 36.6 Å². The van der Waals surface area contributed by atoms with Gasteiger partial charge in [-0.15, -0.1) is 0 Å². The number of carbonyl (C=O) groups excluding carboxylic acids is 2. The van der Waals surface area contributed by atoms with Gasteiger partial charge in [0, 0.05) is 30.9 Å². The number of amides is 1. The minimum absolute atomic E-state index is 0.0547. The van der Waals surface area contributed by atoms with Gasteiger partial charge in [-0.3, -0.25) is 14.4 Å². The predicted molar refractivity (Wildman–Crippen MR) is 165 cm³/mol. The zero-order chi connectivity index (χ0) is 29.6. The molecule has 2 aromatic rings. The van der Waals surface area contributed by atoms with E-state index in [2.05, 4.69) is 13.8 Å². The van der Waals surface area contributed by atoms with E-state index in [-0.39, 0.29) is 35.5 Å². The summed E-state index contributed by atoms with van der Waals surface area (Å²) in [4.78, 5) is 32.5. The summed E-state index contributed by atoms with van der Waals surface area (Å²) in [5.74, 6) is 0.277. The molecular formula is C34H45NO5S. The Labute approximate surface area is 250 Å². The van der Waals surface area contributed by atoms with Gasteiger partial charge in [-0.05, 0) is 100 Å². The normalized spacial score (nSPS) is 19.4. The van der Waals surface area contributed by atoms with Crippen LogP contribution >= 0.6 is 12.2 Å². The van der Waals surface area contributed by atoms with Crippen LogP contribution in [0.1, 0.15) is 94.6 Å². The molecule has 1 aliphatic carbocycles. The van der Waals surface area contributed by atoms with Crippen LogP contribution in [0.5, 0.6) is 5.75 Å². The van der Waals surface area contributed by atoms with E-state index >= 15 is 0 Å². The fraction of sp³-hybridized carbons (Fsp3) is 0.559. The van der Waals surface area contributed by atoms with Crippen molar-refractivity contribution in [3.8, 4) is 5.75 Å². The fourth-order valence-corrected chi connectivity index (χ4v) is 6.15. The van der Waals surface area contributed by atoms with Crippen LogP contribution in [0, 0.1) is 11.3 Å². The Kier molecular flexibility index (Phi) is 10.4. The molecule has 0 N–H and O–H groups in total. The third-order valence-corrected chi connectivity index (χ3v) is 8.14. The first-order chi connectivity index (χ1) is 19.4. The summed E-state index contributed by atoms with van der Waals surface area (Å²) >= 11 is 5.59. The Balaban J connectivity index is 1.32. The summed E-state index contributed by atoms with van der Waals surface area (Å²) < 4.78 is 12.0. The molecule has 6 nitrogen and oxygen atoms in total. The number of ketones is 1. The summed E-state index contributed by atoms with van der Waals surface area (Å²) in [6, 6.07) is 15.5. The van der Waals surface area contributed by atoms with Gasteiger partial charge in [-0.2, -0.15) is 0 Å². The monoisotopic (exact) mass is 579 g/mol. The third-order valence-electron chi connectivity index (χ3n) is 7.91. The third kappa shape index (κ3) is 8.94. The zero-order valence-electron chi connectivity index (χ0n) is 25.2. The minimum atomic E-state index is -0.539. The number of thiocarbonyl (C=S) groups is 1. The highest BCUT2D eigenvalue weighted by Crippen LogP contribution is 2.34. The number of carbonyl (C=O) groups is 2. The highest BCUT2D eigenvalue weighted by molar-refractivity contribution is 7.80. The van der Waals surface area contributed by atoms with Gasteiger partial charge in [0.05, 0.1) is 18.2 Å². The molecule has 1 heterocycles. The lowest BCUT2D eigenvalue weighted by Crippen LogP contribution is -2.41. The Bertz CT molecular complexity index is 1210. The first-order valence-corrected chi connectivity index (χ1v) is 15.3. The van der Waals surface area contributed by atoms with Crippen LogP contribution in [-0.2, 0) is 27.2 Å². The highest BCUT2D eigenvalue weighted by atomic mass is 32.1. The predicted octanol–water partition coefficient (Wildman–Crippen LogP) is 7.31. The number of hydroxylamine groups is 2. The van der Waals surface area contributed by atoms with Crippen molar-refractivity contribution < 1.29 is 23.9 Å². The quantitative estimate of drug-likeness (QED) is 0.217. The molecular weight excluding hydrogens is 534 g/mol. The van der Waals surface area contributed by atoms with Gasteiger partial charge in [0.25, 0.3) is 0 Å². The topological polar surface area (TPSA) is 65.1 Å². The van der Waals surface area contributed by atoms with E-state index in [9.17, 15) is 9.59 Å². The lowest BCUT2D eigenvalue weighted by Gasteiger charge is -2.36. The van der Waals surface area contributed by atoms with Gasteiger partial charge in [0.15, 0.2) is 10.8 Å². The molecule has 1 amide bonds. The molecule has 0 bridgehead atoms. The van der Waals surface area contributed by atoms with Crippen LogP contribution in [0.4, 0.5) is 0 Å². The van der Waals surface area contributed by atoms with Crippen molar-refractivity contribution >= 4 is 29.0 Å². The molecule has 1 aliphatic heterocycles. The lowest BCUT2D eigenvalue weighted by atomic mass is 9.80. The van der Waals surface area contributed by atoms with Crippen LogP contribution < -0.4 is 4.74 Å². The Morgan fingerprint density at radius 3 is 2.44 bits per heavy atom. The number of nitrogens with zero attached hydrogens (tertiary/aromatic N) is 1. The van der Waals surface area contributed by atoms with Crippen molar-refractivity contribution in [2.45, 2.75) is 97.7 Å². The summed E-state index contributed by atoms with van der Waals surface area (Å²) in [5, 5.41) is 2.01. The number of rotatable bonds is 10. The van der Waals surface area contributed by atoms with Crippen molar-refractivity contribution in [3.05, 3.63) is 65.2 Å². The zero-order valence-corrected chi connectivity index (χ0v) is 26.1. The molecule has 0 radical (unpaired) electrons. The average molecular weight is 580 g/mol. The fourth-order valence-electron chi connectivity index (χ4n) is 5.68. The second kappa shape index (κ2) is 13.6. The van der Waals surface area contributed by atoms with Crippen LogP contribution in [0.25, 0.3) is 0 Å². The molecule has 222 valence electrons. The maximum absolute atomic E-state index is 13.4. The van der Waals surface area contributed by atoms with Gasteiger partial charge >= 0.3 is 0 Å². The van der Waals surface area contributed by atoms with E-state index in [1.165, 1.54) is 11.5 Å². The first-order valence-electron chi connectivity index (χ1n) is 14.9. The van der Waals surface area contributed by atoms with E-state index in [1.54, 1.807) is 0 Å². The number of Topliss-reactive ketones (excluding diaryl/α,β-unsaturated/α-hetero) is 1. The number of hydrogen-bond donors (Lipinski definition) is 0. The van der Waals surface area contributed by atoms with Crippen LogP contribution in [0.15, 0.2) is 48.5 Å². The van der Waals surface area contributed by atoms with Gasteiger partial charge in [0.1, 0.15) is 5.75 Å². The van der Waals surface area contributed by atoms with Gasteiger partial charge < -0.3 is 9.47 Å². The molecule has 0 aromatic heterocycles. The largest absolute Gasteiger partial charge is 0.450 e. The minimum Gasteiger partial charge on any atom is -0.450 e. The van der Waals surface area contributed by atoms with E-state index < -0.39 is 5.60 Å². The van der Waals surface area contributed by atoms with Gasteiger partial charge in [-0.1, -0.05) is 50.2 Å². The van der Waals surface area contributed by atoms with Crippen LogP contribution in [-0.4, -0.2) is 46.7 Å². The Hall–Kier alpha value is -2.61. The lowest BCUT2D eigenvalue weighted by molar-refractivity contribution is -0.227. The number of benzene rings is 2. The molecule has 2 aromatic carbocycles. The molecule has 0 saturated carbocycles. The number of aryl methyl sites for hydroxylation is 1. The van der Waals surface area contributed by atoms with Gasteiger partial charge in [0.2, 0.25) is 5.91 Å². The highest BCUT2D eigenvalue weighted by Gasteiger charge is 2.34. The smallest absolute Gasteiger partial charge is 0.246 e. The van der Waals surface area contributed by atoms with E-state index in [0.717, 1.165) is 42.6 Å². The van der Waals surface area contributed by atoms with Crippen LogP contribution in [0.2, 0.25) is 0 Å². The maximum atomic E-state index is 13.4. The standard InChI is InChI=1S/C34H45NO5S/c1-33(2,3)40-35(30(36)22-26-16-15-25-10-6-7-11-28(25)32(26)37)20-19-24-13-17-27(18-14-24)39-31(41)23-34(4,5)29-12-8-9-21-38-29/h6-7,10-11,13-14,17-18,26,29H,8-9,12,15-16,19-23H2,1-5H3. The number of ether oxygens (including phenoxy) is 2. The van der Waals surface area contributed by atoms with Crippen molar-refractivity contribution in [1.29, 1.82) is 0 Å². The maximum Gasteiger partial charge on any atom is 0.246 e. The van der Waals surface area contributed by atoms with E-state index in [4.69, 9.17) is 26.5 Å². The number of fused-ring (bicyclic) bond motifs is 1. The Morgan fingerprint density at radius 2 is 1.76 bits per heavy atom. The van der Waals surface area contributed by atoms with Crippen LogP contribution in [0.3, 0.4) is 0 Å². The summed E-state index contributed by atoms with van der Waals surface area (Å²) in [7, 11) is 0. The molecule has 7 heteroatoms. The summed E-state index contributed by atoms with van der Waals surface area (Å²) in [6.07, 6.45) is 6.49. The summed E-state index contributed by atoms with van der Waals surface area (Å²) in [5.41, 5.74) is 2.25. The SMILES string of the molecule is CC(C)(C)ON(CCc1ccc(OC(=S)CC(C)(C)C2CCCCO2)cc1)C(=O)CC1CCc2ccccc2C1=O. The van der Waals surface area contributed by atoms with Crippen molar-refractivity contribution in [1.82, 2.24) is 5.06 Å². The molecule has 1 fully saturated rings. The van der Waals surface area contributed by atoms with Crippen molar-refractivity contribution in [2.75, 3.05) is 13.2 Å². The average Bonchev–Trinajstić information content (AvgIpc) is 2.93. The summed E-state index contributed by atoms with van der Waals surface area (Å²) in [6.45, 7) is 11.4. The molecule has 0 spiro atoms. The molecule has 2 aliphatic rings. The van der Waals surface area contributed by atoms with Gasteiger partial charge in [-0.25, -0.2) is 5.06 Å². The van der Waals surface area contributed by atoms with E-state index in [1.807, 2.05) is 69.3 Å². The Morgan fingerprint density at radius 1 is 1.02 bits per heavy atom. The molecule has 2 unspecified atom stereocenters. The van der Waals surface area contributed by atoms with Crippen molar-refractivity contribution in [3.63, 3.8) is 0 Å². The molecule has 4 rings (SSSR count). The second-order valence-corrected chi connectivity index (χ2v) is 13.5. The molecule has 2 atom stereocenters. The second-order valence-electron chi connectivity index (χ2n) is 13.0. The molecule has 1 saturated heterocycles. The molecule has 41 heavy (non-hydrogen) atoms. The number of hydrogen-bond acceptors (Lipinski definition) is 6. The first kappa shape index (κ1) is 31.3. The van der Waals surface area contributed by atoms with Crippen molar-refractivity contribution in [2.24, 2.45) is 11.3 Å².